The molecule has 1 atom stereocenters. The molecule has 0 saturated carbocycles. The van der Waals surface area contributed by atoms with Crippen LogP contribution in [0.4, 0.5) is 5.69 Å². The number of nitrogens with zero attached hydrogens (tertiary/aromatic N) is 4. The highest BCUT2D eigenvalue weighted by Crippen LogP contribution is 2.23. The highest BCUT2D eigenvalue weighted by molar-refractivity contribution is 7.92. The quantitative estimate of drug-likeness (QED) is 0.487. The minimum absolute atomic E-state index is 0.210. The van der Waals surface area contributed by atoms with Crippen LogP contribution in [0.1, 0.15) is 34.7 Å². The number of fused-ring (bicyclic) bond motifs is 1. The van der Waals surface area contributed by atoms with Gasteiger partial charge in [0.1, 0.15) is 0 Å². The molecule has 0 aliphatic heterocycles. The lowest BCUT2D eigenvalue weighted by molar-refractivity contribution is 0.0938. The first kappa shape index (κ1) is 21.5. The van der Waals surface area contributed by atoms with Gasteiger partial charge in [0.05, 0.1) is 16.6 Å². The second-order valence-electron chi connectivity index (χ2n) is 7.51. The van der Waals surface area contributed by atoms with Crippen LogP contribution in [-0.2, 0) is 10.0 Å². The van der Waals surface area contributed by atoms with Crippen LogP contribution in [0.3, 0.4) is 0 Å². The molecule has 0 aliphatic carbocycles. The topological polar surface area (TPSA) is 96.7 Å². The third-order valence-corrected chi connectivity index (χ3v) is 7.05. The molecule has 2 aromatic carbocycles. The molecule has 1 N–H and O–H groups in total. The van der Waals surface area contributed by atoms with Crippen LogP contribution >= 0.6 is 0 Å². The zero-order chi connectivity index (χ0) is 22.9. The predicted molar refractivity (Wildman–Crippen MR) is 122 cm³/mol. The van der Waals surface area contributed by atoms with E-state index in [2.05, 4.69) is 15.5 Å². The van der Waals surface area contributed by atoms with Crippen LogP contribution in [0.25, 0.3) is 5.65 Å². The van der Waals surface area contributed by atoms with Gasteiger partial charge < -0.3 is 5.32 Å². The molecule has 164 valence electrons. The van der Waals surface area contributed by atoms with Gasteiger partial charge in [0.25, 0.3) is 15.9 Å². The standard InChI is InChI=1S/C23H23N5O3S/c1-16-7-13-20(14-8-16)32(30,31)27(3)19-11-9-18(10-12-19)23(29)24-17(2)22-26-25-21-6-4-5-15-28(21)22/h4-15,17H,1-3H3,(H,24,29). The van der Waals surface area contributed by atoms with E-state index >= 15 is 0 Å². The second-order valence-corrected chi connectivity index (χ2v) is 9.48. The summed E-state index contributed by atoms with van der Waals surface area (Å²) in [5.74, 6) is 0.329. The van der Waals surface area contributed by atoms with Gasteiger partial charge in [0, 0.05) is 18.8 Å². The first-order valence-corrected chi connectivity index (χ1v) is 11.5. The van der Waals surface area contributed by atoms with Crippen LogP contribution < -0.4 is 9.62 Å². The fraction of sp³-hybridized carbons (Fsp3) is 0.174. The van der Waals surface area contributed by atoms with Crippen molar-refractivity contribution in [1.29, 1.82) is 0 Å². The van der Waals surface area contributed by atoms with E-state index in [0.29, 0.717) is 22.7 Å². The Morgan fingerprint density at radius 3 is 2.38 bits per heavy atom. The number of hydrogen-bond donors (Lipinski definition) is 1. The molecular weight excluding hydrogens is 426 g/mol. The largest absolute Gasteiger partial charge is 0.342 e. The van der Waals surface area contributed by atoms with E-state index in [4.69, 9.17) is 0 Å². The number of sulfonamides is 1. The van der Waals surface area contributed by atoms with Crippen molar-refractivity contribution in [1.82, 2.24) is 19.9 Å². The minimum Gasteiger partial charge on any atom is -0.342 e. The van der Waals surface area contributed by atoms with Gasteiger partial charge in [-0.1, -0.05) is 23.8 Å². The lowest BCUT2D eigenvalue weighted by Gasteiger charge is -2.20. The van der Waals surface area contributed by atoms with Gasteiger partial charge in [-0.05, 0) is 62.4 Å². The predicted octanol–water partition coefficient (Wildman–Crippen LogP) is 3.35. The number of aromatic nitrogens is 3. The summed E-state index contributed by atoms with van der Waals surface area (Å²) in [5, 5.41) is 11.2. The van der Waals surface area contributed by atoms with E-state index in [1.807, 2.05) is 42.6 Å². The lowest BCUT2D eigenvalue weighted by Crippen LogP contribution is -2.28. The molecule has 2 heterocycles. The van der Waals surface area contributed by atoms with Crippen LogP contribution in [0.2, 0.25) is 0 Å². The molecule has 0 bridgehead atoms. The highest BCUT2D eigenvalue weighted by atomic mass is 32.2. The average molecular weight is 450 g/mol. The molecule has 0 saturated heterocycles. The summed E-state index contributed by atoms with van der Waals surface area (Å²) < 4.78 is 28.8. The van der Waals surface area contributed by atoms with E-state index in [-0.39, 0.29) is 16.8 Å². The van der Waals surface area contributed by atoms with Crippen molar-refractivity contribution < 1.29 is 13.2 Å². The van der Waals surface area contributed by atoms with Crippen LogP contribution in [-0.4, -0.2) is 36.0 Å². The smallest absolute Gasteiger partial charge is 0.264 e. The SMILES string of the molecule is Cc1ccc(S(=O)(=O)N(C)c2ccc(C(=O)NC(C)c3nnc4ccccn34)cc2)cc1. The van der Waals surface area contributed by atoms with Gasteiger partial charge in [0.2, 0.25) is 0 Å². The maximum atomic E-state index is 12.9. The molecule has 8 nitrogen and oxygen atoms in total. The summed E-state index contributed by atoms with van der Waals surface area (Å²) in [7, 11) is -2.21. The second kappa shape index (κ2) is 8.43. The lowest BCUT2D eigenvalue weighted by atomic mass is 10.2. The monoisotopic (exact) mass is 449 g/mol. The third kappa shape index (κ3) is 4.06. The fourth-order valence-electron chi connectivity index (χ4n) is 3.33. The van der Waals surface area contributed by atoms with Gasteiger partial charge in [0.15, 0.2) is 11.5 Å². The van der Waals surface area contributed by atoms with E-state index in [9.17, 15) is 13.2 Å². The van der Waals surface area contributed by atoms with Gasteiger partial charge in [-0.15, -0.1) is 10.2 Å². The summed E-state index contributed by atoms with van der Waals surface area (Å²) >= 11 is 0. The number of carbonyl (C=O) groups is 1. The number of rotatable bonds is 6. The van der Waals surface area contributed by atoms with Crippen LogP contribution in [0, 0.1) is 6.92 Å². The Kier molecular flexibility index (Phi) is 5.67. The van der Waals surface area contributed by atoms with Gasteiger partial charge >= 0.3 is 0 Å². The molecular formula is C23H23N5O3S. The zero-order valence-electron chi connectivity index (χ0n) is 17.9. The summed E-state index contributed by atoms with van der Waals surface area (Å²) in [6.07, 6.45) is 1.84. The maximum absolute atomic E-state index is 12.9. The molecule has 0 radical (unpaired) electrons. The molecule has 0 aliphatic rings. The Morgan fingerprint density at radius 1 is 1.00 bits per heavy atom. The number of aryl methyl sites for hydroxylation is 1. The molecule has 0 fully saturated rings. The normalized spacial score (nSPS) is 12.5. The molecule has 9 heteroatoms. The summed E-state index contributed by atoms with van der Waals surface area (Å²) in [6, 6.07) is 18.3. The van der Waals surface area contributed by atoms with Crippen molar-refractivity contribution in [3.63, 3.8) is 0 Å². The van der Waals surface area contributed by atoms with E-state index in [1.54, 1.807) is 48.5 Å². The minimum atomic E-state index is -3.70. The average Bonchev–Trinajstić information content (AvgIpc) is 3.23. The number of pyridine rings is 1. The van der Waals surface area contributed by atoms with Gasteiger partial charge in [-0.3, -0.25) is 13.5 Å². The molecule has 32 heavy (non-hydrogen) atoms. The number of hydrogen-bond acceptors (Lipinski definition) is 5. The number of carbonyl (C=O) groups excluding carboxylic acids is 1. The first-order chi connectivity index (χ1) is 15.3. The number of nitrogens with one attached hydrogen (secondary N) is 1. The first-order valence-electron chi connectivity index (χ1n) is 10.0. The van der Waals surface area contributed by atoms with Crippen molar-refractivity contribution in [3.05, 3.63) is 89.9 Å². The fourth-order valence-corrected chi connectivity index (χ4v) is 4.53. The van der Waals surface area contributed by atoms with E-state index < -0.39 is 10.0 Å². The Labute approximate surface area is 186 Å². The number of amides is 1. The van der Waals surface area contributed by atoms with Crippen LogP contribution in [0.15, 0.2) is 77.8 Å². The van der Waals surface area contributed by atoms with Gasteiger partial charge in [-0.2, -0.15) is 0 Å². The van der Waals surface area contributed by atoms with Crippen molar-refractivity contribution in [2.45, 2.75) is 24.8 Å². The molecule has 4 rings (SSSR count). The number of benzene rings is 2. The van der Waals surface area contributed by atoms with Crippen LogP contribution in [0.5, 0.6) is 0 Å². The van der Waals surface area contributed by atoms with E-state index in [0.717, 1.165) is 5.56 Å². The van der Waals surface area contributed by atoms with Gasteiger partial charge in [-0.25, -0.2) is 8.42 Å². The maximum Gasteiger partial charge on any atom is 0.264 e. The Hall–Kier alpha value is -3.72. The Bertz CT molecular complexity index is 1360. The Balaban J connectivity index is 1.49. The molecule has 1 unspecified atom stereocenters. The summed E-state index contributed by atoms with van der Waals surface area (Å²) in [4.78, 5) is 12.9. The van der Waals surface area contributed by atoms with Crippen molar-refractivity contribution in [2.24, 2.45) is 0 Å². The third-order valence-electron chi connectivity index (χ3n) is 5.25. The van der Waals surface area contributed by atoms with E-state index in [1.165, 1.54) is 11.4 Å². The molecule has 4 aromatic rings. The highest BCUT2D eigenvalue weighted by Gasteiger charge is 2.22. The molecule has 1 amide bonds. The summed E-state index contributed by atoms with van der Waals surface area (Å²) in [5.41, 5.74) is 2.55. The zero-order valence-corrected chi connectivity index (χ0v) is 18.7. The molecule has 0 spiro atoms. The van der Waals surface area contributed by atoms with Crippen molar-refractivity contribution >= 4 is 27.3 Å². The number of anilines is 1. The summed E-state index contributed by atoms with van der Waals surface area (Å²) in [6.45, 7) is 3.73. The molecule has 2 aromatic heterocycles. The van der Waals surface area contributed by atoms with Crippen molar-refractivity contribution in [2.75, 3.05) is 11.4 Å². The Morgan fingerprint density at radius 2 is 1.69 bits per heavy atom. The van der Waals surface area contributed by atoms with Crippen molar-refractivity contribution in [3.8, 4) is 0 Å².